The lowest BCUT2D eigenvalue weighted by atomic mass is 10.2. The molecule has 25 heavy (non-hydrogen) atoms. The van der Waals surface area contributed by atoms with Crippen LogP contribution in [0.1, 0.15) is 21.1 Å². The quantitative estimate of drug-likeness (QED) is 0.873. The highest BCUT2D eigenvalue weighted by atomic mass is 32.1. The summed E-state index contributed by atoms with van der Waals surface area (Å²) in [5, 5.41) is 5.86. The topological polar surface area (TPSA) is 72.9 Å². The van der Waals surface area contributed by atoms with Crippen LogP contribution in [-0.4, -0.2) is 48.9 Å². The van der Waals surface area contributed by atoms with Gasteiger partial charge in [-0.2, -0.15) is 0 Å². The monoisotopic (exact) mass is 361 g/mol. The second kappa shape index (κ2) is 7.38. The molecule has 1 aromatic carbocycles. The summed E-state index contributed by atoms with van der Waals surface area (Å²) >= 11 is 1.57. The number of fused-ring (bicyclic) bond motifs is 1. The van der Waals surface area contributed by atoms with Crippen molar-refractivity contribution in [1.29, 1.82) is 0 Å². The predicted molar refractivity (Wildman–Crippen MR) is 91.9 cm³/mol. The van der Waals surface area contributed by atoms with Crippen molar-refractivity contribution >= 4 is 17.2 Å². The number of carbonyl (C=O) groups excluding carboxylic acids is 1. The van der Waals surface area contributed by atoms with Crippen molar-refractivity contribution in [3.8, 4) is 11.5 Å². The number of benzene rings is 1. The molecule has 0 unspecified atom stereocenters. The van der Waals surface area contributed by atoms with Crippen LogP contribution < -0.4 is 14.8 Å². The van der Waals surface area contributed by atoms with Crippen LogP contribution in [0, 0.1) is 0 Å². The number of nitrogens with one attached hydrogen (secondary N) is 1. The maximum Gasteiger partial charge on any atom is 0.251 e. The predicted octanol–water partition coefficient (Wildman–Crippen LogP) is 1.63. The van der Waals surface area contributed by atoms with E-state index in [9.17, 15) is 4.79 Å². The van der Waals surface area contributed by atoms with Gasteiger partial charge >= 0.3 is 0 Å². The van der Waals surface area contributed by atoms with Gasteiger partial charge in [-0.1, -0.05) is 0 Å². The first-order valence-electron chi connectivity index (χ1n) is 8.19. The molecule has 4 rings (SSSR count). The second-order valence-corrected chi connectivity index (χ2v) is 6.81. The van der Waals surface area contributed by atoms with E-state index in [0.29, 0.717) is 23.6 Å². The van der Waals surface area contributed by atoms with Crippen LogP contribution in [0.4, 0.5) is 0 Å². The van der Waals surface area contributed by atoms with Gasteiger partial charge in [-0.25, -0.2) is 4.98 Å². The number of hydrogen-bond donors (Lipinski definition) is 1. The molecule has 0 bridgehead atoms. The minimum Gasteiger partial charge on any atom is -0.454 e. The molecule has 2 aromatic rings. The van der Waals surface area contributed by atoms with E-state index in [0.717, 1.165) is 43.5 Å². The Bertz CT molecular complexity index is 758. The molecular weight excluding hydrogens is 342 g/mol. The Morgan fingerprint density at radius 2 is 2.08 bits per heavy atom. The first-order valence-corrected chi connectivity index (χ1v) is 9.07. The van der Waals surface area contributed by atoms with Gasteiger partial charge in [0, 0.05) is 30.6 Å². The van der Waals surface area contributed by atoms with Crippen LogP contribution >= 0.6 is 11.3 Å². The Kier molecular flexibility index (Phi) is 4.82. The van der Waals surface area contributed by atoms with Gasteiger partial charge in [0.15, 0.2) is 11.5 Å². The minimum atomic E-state index is -0.150. The van der Waals surface area contributed by atoms with E-state index in [1.54, 1.807) is 29.5 Å². The standard InChI is InChI=1S/C17H19N3O4S/c21-17(12-1-2-14-15(7-12)24-11-23-14)18-8-16-19-13(10-25-16)9-20-3-5-22-6-4-20/h1-2,7,10H,3-6,8-9,11H2,(H,18,21). The lowest BCUT2D eigenvalue weighted by Gasteiger charge is -2.25. The van der Waals surface area contributed by atoms with Gasteiger partial charge in [-0.15, -0.1) is 11.3 Å². The Hall–Kier alpha value is -2.16. The number of morpholine rings is 1. The van der Waals surface area contributed by atoms with Crippen LogP contribution in [0.3, 0.4) is 0 Å². The molecule has 7 nitrogen and oxygen atoms in total. The van der Waals surface area contributed by atoms with Crippen LogP contribution in [0.2, 0.25) is 0 Å². The third kappa shape index (κ3) is 3.92. The molecule has 1 aromatic heterocycles. The number of rotatable bonds is 5. The first kappa shape index (κ1) is 16.3. The zero-order valence-corrected chi connectivity index (χ0v) is 14.5. The Morgan fingerprint density at radius 1 is 1.24 bits per heavy atom. The molecule has 0 atom stereocenters. The highest BCUT2D eigenvalue weighted by Gasteiger charge is 2.17. The van der Waals surface area contributed by atoms with Crippen molar-refractivity contribution in [3.63, 3.8) is 0 Å². The van der Waals surface area contributed by atoms with Crippen molar-refractivity contribution in [2.24, 2.45) is 0 Å². The van der Waals surface area contributed by atoms with E-state index in [1.165, 1.54) is 0 Å². The van der Waals surface area contributed by atoms with E-state index in [1.807, 2.05) is 0 Å². The van der Waals surface area contributed by atoms with Gasteiger partial charge in [0.2, 0.25) is 6.79 Å². The molecule has 8 heteroatoms. The van der Waals surface area contributed by atoms with Crippen molar-refractivity contribution < 1.29 is 19.0 Å². The molecule has 2 aliphatic heterocycles. The van der Waals surface area contributed by atoms with Crippen LogP contribution in [0.25, 0.3) is 0 Å². The van der Waals surface area contributed by atoms with Gasteiger partial charge in [0.25, 0.3) is 5.91 Å². The smallest absolute Gasteiger partial charge is 0.251 e. The van der Waals surface area contributed by atoms with Crippen molar-refractivity contribution in [2.75, 3.05) is 33.1 Å². The molecule has 0 radical (unpaired) electrons. The summed E-state index contributed by atoms with van der Waals surface area (Å²) in [5.74, 6) is 1.13. The summed E-state index contributed by atoms with van der Waals surface area (Å²) < 4.78 is 15.9. The number of hydrogen-bond acceptors (Lipinski definition) is 7. The Labute approximate surface area is 149 Å². The molecule has 3 heterocycles. The van der Waals surface area contributed by atoms with Crippen molar-refractivity contribution in [3.05, 3.63) is 39.8 Å². The van der Waals surface area contributed by atoms with Crippen LogP contribution in [0.15, 0.2) is 23.6 Å². The number of aromatic nitrogens is 1. The maximum absolute atomic E-state index is 12.3. The van der Waals surface area contributed by atoms with E-state index >= 15 is 0 Å². The maximum atomic E-state index is 12.3. The zero-order valence-electron chi connectivity index (χ0n) is 13.7. The number of nitrogens with zero attached hydrogens (tertiary/aromatic N) is 2. The largest absolute Gasteiger partial charge is 0.454 e. The molecule has 0 spiro atoms. The Morgan fingerprint density at radius 3 is 2.96 bits per heavy atom. The zero-order chi connectivity index (χ0) is 17.1. The molecule has 2 aliphatic rings. The van der Waals surface area contributed by atoms with E-state index in [2.05, 4.69) is 20.6 Å². The normalized spacial score (nSPS) is 16.8. The molecule has 1 amide bonds. The third-order valence-electron chi connectivity index (χ3n) is 4.12. The molecule has 0 saturated carbocycles. The summed E-state index contributed by atoms with van der Waals surface area (Å²) in [6.07, 6.45) is 0. The fourth-order valence-corrected chi connectivity index (χ4v) is 3.51. The van der Waals surface area contributed by atoms with E-state index in [4.69, 9.17) is 14.2 Å². The Balaban J connectivity index is 1.31. The lowest BCUT2D eigenvalue weighted by Crippen LogP contribution is -2.35. The van der Waals surface area contributed by atoms with Gasteiger partial charge in [0.1, 0.15) is 5.01 Å². The summed E-state index contributed by atoms with van der Waals surface area (Å²) in [6, 6.07) is 5.18. The molecule has 0 aliphatic carbocycles. The SMILES string of the molecule is O=C(NCc1nc(CN2CCOCC2)cs1)c1ccc2c(c1)OCO2. The third-order valence-corrected chi connectivity index (χ3v) is 5.02. The highest BCUT2D eigenvalue weighted by Crippen LogP contribution is 2.32. The van der Waals surface area contributed by atoms with Gasteiger partial charge < -0.3 is 19.5 Å². The first-order chi connectivity index (χ1) is 12.3. The number of ether oxygens (including phenoxy) is 3. The fraction of sp³-hybridized carbons (Fsp3) is 0.412. The number of thiazole rings is 1. The molecule has 1 fully saturated rings. The van der Waals surface area contributed by atoms with Crippen LogP contribution in [-0.2, 0) is 17.8 Å². The highest BCUT2D eigenvalue weighted by molar-refractivity contribution is 7.09. The van der Waals surface area contributed by atoms with Crippen LogP contribution in [0.5, 0.6) is 11.5 Å². The molecular formula is C17H19N3O4S. The number of amides is 1. The number of carbonyl (C=O) groups is 1. The average Bonchev–Trinajstić information content (AvgIpc) is 3.29. The van der Waals surface area contributed by atoms with Crippen molar-refractivity contribution in [1.82, 2.24) is 15.2 Å². The minimum absolute atomic E-state index is 0.150. The van der Waals surface area contributed by atoms with Gasteiger partial charge in [-0.05, 0) is 18.2 Å². The summed E-state index contributed by atoms with van der Waals surface area (Å²) in [4.78, 5) is 19.2. The van der Waals surface area contributed by atoms with E-state index in [-0.39, 0.29) is 12.7 Å². The molecule has 1 N–H and O–H groups in total. The average molecular weight is 361 g/mol. The van der Waals surface area contributed by atoms with Crippen molar-refractivity contribution in [2.45, 2.75) is 13.1 Å². The fourth-order valence-electron chi connectivity index (χ4n) is 2.79. The molecule has 132 valence electrons. The summed E-state index contributed by atoms with van der Waals surface area (Å²) in [6.45, 7) is 4.88. The lowest BCUT2D eigenvalue weighted by molar-refractivity contribution is 0.0337. The molecule has 1 saturated heterocycles. The van der Waals surface area contributed by atoms with Gasteiger partial charge in [0.05, 0.1) is 25.5 Å². The second-order valence-electron chi connectivity index (χ2n) is 5.87. The summed E-state index contributed by atoms with van der Waals surface area (Å²) in [7, 11) is 0. The summed E-state index contributed by atoms with van der Waals surface area (Å²) in [5.41, 5.74) is 1.59. The van der Waals surface area contributed by atoms with E-state index < -0.39 is 0 Å². The van der Waals surface area contributed by atoms with Gasteiger partial charge in [-0.3, -0.25) is 9.69 Å².